The number of nitrogen functional groups attached to an aromatic ring is 1. The maximum Gasteiger partial charge on any atom is 0.225 e. The molecule has 76 valence electrons. The summed E-state index contributed by atoms with van der Waals surface area (Å²) in [7, 11) is 1.50. The molecule has 0 radical (unpaired) electrons. The second-order valence-electron chi connectivity index (χ2n) is 2.72. The van der Waals surface area contributed by atoms with Crippen LogP contribution in [0.1, 0.15) is 13.3 Å². The number of hydrogen-bond acceptors (Lipinski definition) is 4. The lowest BCUT2D eigenvalue weighted by Gasteiger charge is -2.08. The van der Waals surface area contributed by atoms with Gasteiger partial charge < -0.3 is 15.8 Å². The minimum atomic E-state index is -0.111. The molecule has 0 bridgehead atoms. The maximum atomic E-state index is 11.1. The number of nitrogens with one attached hydrogen (secondary N) is 1. The van der Waals surface area contributed by atoms with E-state index in [0.717, 1.165) is 0 Å². The maximum absolute atomic E-state index is 11.1. The second kappa shape index (κ2) is 4.45. The summed E-state index contributed by atoms with van der Waals surface area (Å²) in [5, 5.41) is 2.61. The third kappa shape index (κ3) is 2.35. The highest BCUT2D eigenvalue weighted by atomic mass is 16.5. The molecule has 0 aliphatic carbocycles. The van der Waals surface area contributed by atoms with Gasteiger partial charge in [0.05, 0.1) is 19.0 Å². The third-order valence-electron chi connectivity index (χ3n) is 1.67. The number of nitrogens with two attached hydrogens (primary N) is 1. The van der Waals surface area contributed by atoms with Gasteiger partial charge in [0.1, 0.15) is 0 Å². The van der Waals surface area contributed by atoms with Crippen LogP contribution in [0, 0.1) is 0 Å². The quantitative estimate of drug-likeness (QED) is 0.754. The Labute approximate surface area is 82.3 Å². The van der Waals surface area contributed by atoms with Gasteiger partial charge >= 0.3 is 0 Å². The Morgan fingerprint density at radius 2 is 2.43 bits per heavy atom. The highest BCUT2D eigenvalue weighted by Gasteiger charge is 2.07. The first-order valence-electron chi connectivity index (χ1n) is 4.26. The van der Waals surface area contributed by atoms with Crippen molar-refractivity contribution in [3.63, 3.8) is 0 Å². The smallest absolute Gasteiger partial charge is 0.225 e. The molecule has 0 unspecified atom stereocenters. The van der Waals surface area contributed by atoms with Crippen LogP contribution in [0.3, 0.4) is 0 Å². The molecule has 0 aliphatic heterocycles. The minimum absolute atomic E-state index is 0.111. The first kappa shape index (κ1) is 10.3. The molecule has 1 amide bonds. The van der Waals surface area contributed by atoms with Crippen molar-refractivity contribution < 1.29 is 9.53 Å². The summed E-state index contributed by atoms with van der Waals surface area (Å²) in [5.74, 6) is 0.751. The molecule has 0 atom stereocenters. The molecule has 1 aromatic heterocycles. The van der Waals surface area contributed by atoms with Crippen molar-refractivity contribution in [2.45, 2.75) is 13.3 Å². The average Bonchev–Trinajstić information content (AvgIpc) is 2.20. The van der Waals surface area contributed by atoms with Crippen molar-refractivity contribution >= 4 is 17.4 Å². The summed E-state index contributed by atoms with van der Waals surface area (Å²) in [6, 6.07) is 1.61. The van der Waals surface area contributed by atoms with Crippen LogP contribution in [0.15, 0.2) is 12.3 Å². The summed E-state index contributed by atoms with van der Waals surface area (Å²) >= 11 is 0. The predicted octanol–water partition coefficient (Wildman–Crippen LogP) is 1.02. The Morgan fingerprint density at radius 3 is 3.00 bits per heavy atom. The summed E-state index contributed by atoms with van der Waals surface area (Å²) in [4.78, 5) is 15.1. The van der Waals surface area contributed by atoms with E-state index in [-0.39, 0.29) is 5.91 Å². The van der Waals surface area contributed by atoms with Crippen LogP contribution in [-0.4, -0.2) is 18.0 Å². The molecule has 5 heteroatoms. The van der Waals surface area contributed by atoms with Gasteiger partial charge in [0, 0.05) is 12.5 Å². The number of hydrogen-bond donors (Lipinski definition) is 2. The molecule has 0 fully saturated rings. The van der Waals surface area contributed by atoms with E-state index in [0.29, 0.717) is 23.7 Å². The fraction of sp³-hybridized carbons (Fsp3) is 0.333. The second-order valence-corrected chi connectivity index (χ2v) is 2.72. The first-order chi connectivity index (χ1) is 6.67. The van der Waals surface area contributed by atoms with Gasteiger partial charge in [-0.2, -0.15) is 0 Å². The highest BCUT2D eigenvalue weighted by molar-refractivity contribution is 5.91. The van der Waals surface area contributed by atoms with Crippen LogP contribution in [0.4, 0.5) is 11.5 Å². The van der Waals surface area contributed by atoms with Gasteiger partial charge in [-0.15, -0.1) is 0 Å². The summed E-state index contributed by atoms with van der Waals surface area (Å²) in [6.07, 6.45) is 1.86. The molecule has 0 spiro atoms. The van der Waals surface area contributed by atoms with E-state index >= 15 is 0 Å². The van der Waals surface area contributed by atoms with Crippen LogP contribution in [0.25, 0.3) is 0 Å². The van der Waals surface area contributed by atoms with Gasteiger partial charge in [-0.25, -0.2) is 4.98 Å². The fourth-order valence-electron chi connectivity index (χ4n) is 0.930. The number of pyridine rings is 1. The van der Waals surface area contributed by atoms with Gasteiger partial charge in [0.25, 0.3) is 0 Å². The number of aromatic nitrogens is 1. The first-order valence-corrected chi connectivity index (χ1v) is 4.26. The Hall–Kier alpha value is -1.78. The lowest BCUT2D eigenvalue weighted by molar-refractivity contribution is -0.115. The van der Waals surface area contributed by atoms with E-state index in [4.69, 9.17) is 10.5 Å². The highest BCUT2D eigenvalue weighted by Crippen LogP contribution is 2.23. The standard InChI is InChI=1S/C9H13N3O2/c1-3-8(13)12-9-7(14-2)4-6(10)5-11-9/h4-5H,3,10H2,1-2H3,(H,11,12,13). The number of carbonyl (C=O) groups excluding carboxylic acids is 1. The van der Waals surface area contributed by atoms with E-state index in [2.05, 4.69) is 10.3 Å². The Kier molecular flexibility index (Phi) is 3.28. The number of carbonyl (C=O) groups is 1. The van der Waals surface area contributed by atoms with E-state index in [1.165, 1.54) is 13.3 Å². The SMILES string of the molecule is CCC(=O)Nc1ncc(N)cc1OC. The Morgan fingerprint density at radius 1 is 1.71 bits per heavy atom. The molecule has 1 heterocycles. The topological polar surface area (TPSA) is 77.2 Å². The van der Waals surface area contributed by atoms with Crippen molar-refractivity contribution in [2.24, 2.45) is 0 Å². The van der Waals surface area contributed by atoms with Crippen molar-refractivity contribution in [1.29, 1.82) is 0 Å². The average molecular weight is 195 g/mol. The summed E-state index contributed by atoms with van der Waals surface area (Å²) in [6.45, 7) is 1.76. The van der Waals surface area contributed by atoms with Crippen LogP contribution in [0.5, 0.6) is 5.75 Å². The normalized spacial score (nSPS) is 9.57. The molecule has 3 N–H and O–H groups in total. The van der Waals surface area contributed by atoms with Crippen molar-refractivity contribution in [2.75, 3.05) is 18.2 Å². The van der Waals surface area contributed by atoms with Crippen LogP contribution in [0.2, 0.25) is 0 Å². The van der Waals surface area contributed by atoms with Crippen molar-refractivity contribution in [1.82, 2.24) is 4.98 Å². The number of anilines is 2. The lowest BCUT2D eigenvalue weighted by atomic mass is 10.3. The summed E-state index contributed by atoms with van der Waals surface area (Å²) < 4.78 is 5.01. The van der Waals surface area contributed by atoms with Crippen LogP contribution >= 0.6 is 0 Å². The molecule has 0 saturated carbocycles. The number of nitrogens with zero attached hydrogens (tertiary/aromatic N) is 1. The molecule has 5 nitrogen and oxygen atoms in total. The van der Waals surface area contributed by atoms with E-state index in [9.17, 15) is 4.79 Å². The molecule has 0 aliphatic rings. The number of methoxy groups -OCH3 is 1. The molecule has 0 saturated heterocycles. The van der Waals surface area contributed by atoms with E-state index < -0.39 is 0 Å². The van der Waals surface area contributed by atoms with Gasteiger partial charge in [-0.1, -0.05) is 6.92 Å². The zero-order chi connectivity index (χ0) is 10.6. The Balaban J connectivity index is 2.90. The van der Waals surface area contributed by atoms with E-state index in [1.807, 2.05) is 0 Å². The van der Waals surface area contributed by atoms with Crippen molar-refractivity contribution in [3.8, 4) is 5.75 Å². The van der Waals surface area contributed by atoms with Gasteiger partial charge in [-0.05, 0) is 0 Å². The molecular weight excluding hydrogens is 182 g/mol. The Bertz CT molecular complexity index is 339. The molecule has 0 aromatic carbocycles. The minimum Gasteiger partial charge on any atom is -0.493 e. The van der Waals surface area contributed by atoms with Crippen LogP contribution < -0.4 is 15.8 Å². The largest absolute Gasteiger partial charge is 0.493 e. The molecular formula is C9H13N3O2. The lowest BCUT2D eigenvalue weighted by Crippen LogP contribution is -2.12. The van der Waals surface area contributed by atoms with Gasteiger partial charge in [-0.3, -0.25) is 4.79 Å². The van der Waals surface area contributed by atoms with Crippen molar-refractivity contribution in [3.05, 3.63) is 12.3 Å². The predicted molar refractivity (Wildman–Crippen MR) is 54.1 cm³/mol. The number of rotatable bonds is 3. The third-order valence-corrected chi connectivity index (χ3v) is 1.67. The molecule has 1 rings (SSSR count). The monoisotopic (exact) mass is 195 g/mol. The number of amides is 1. The zero-order valence-corrected chi connectivity index (χ0v) is 8.20. The number of ether oxygens (including phenoxy) is 1. The molecule has 1 aromatic rings. The fourth-order valence-corrected chi connectivity index (χ4v) is 0.930. The van der Waals surface area contributed by atoms with Gasteiger partial charge in [0.2, 0.25) is 5.91 Å². The van der Waals surface area contributed by atoms with Crippen LogP contribution in [-0.2, 0) is 4.79 Å². The summed E-state index contributed by atoms with van der Waals surface area (Å²) in [5.41, 5.74) is 6.01. The van der Waals surface area contributed by atoms with Gasteiger partial charge in [0.15, 0.2) is 11.6 Å². The molecule has 14 heavy (non-hydrogen) atoms. The zero-order valence-electron chi connectivity index (χ0n) is 8.20. The van der Waals surface area contributed by atoms with E-state index in [1.54, 1.807) is 13.0 Å².